The molecule has 1 amide bonds. The Morgan fingerprint density at radius 2 is 1.78 bits per heavy atom. The average molecular weight is 507 g/mol. The Labute approximate surface area is 214 Å². The first-order valence-electron chi connectivity index (χ1n) is 12.3. The number of aliphatic hydroxyl groups is 1. The maximum absolute atomic E-state index is 13.9. The highest BCUT2D eigenvalue weighted by Crippen LogP contribution is 2.51. The van der Waals surface area contributed by atoms with Crippen LogP contribution in [-0.2, 0) is 32.1 Å². The van der Waals surface area contributed by atoms with E-state index in [4.69, 9.17) is 10.5 Å². The number of amides is 1. The number of benzene rings is 2. The summed E-state index contributed by atoms with van der Waals surface area (Å²) in [6, 6.07) is 13.3. The summed E-state index contributed by atoms with van der Waals surface area (Å²) in [6.07, 6.45) is -0.494. The Balaban J connectivity index is 1.57. The first-order chi connectivity index (χ1) is 17.6. The SMILES string of the molecule is CN(C)[C@@H]1C(OCc2ccccc2)C(C(N)=O)C(=O)[C@@]2(O)C(=O)C3C(=O)c4c(O)cccc4C[C@H]3C[C@@H]12. The summed E-state index contributed by atoms with van der Waals surface area (Å²) in [5.41, 5.74) is 4.58. The molecule has 0 bridgehead atoms. The molecular weight excluding hydrogens is 476 g/mol. The molecule has 0 spiro atoms. The fourth-order valence-corrected chi connectivity index (χ4v) is 6.69. The maximum Gasteiger partial charge on any atom is 0.230 e. The Bertz CT molecular complexity index is 1280. The molecule has 5 rings (SSSR count). The number of aromatic hydroxyl groups is 1. The molecule has 3 aliphatic carbocycles. The van der Waals surface area contributed by atoms with E-state index in [1.54, 1.807) is 31.1 Å². The van der Waals surface area contributed by atoms with Crippen LogP contribution in [0.5, 0.6) is 5.75 Å². The number of carbonyl (C=O) groups excluding carboxylic acids is 4. The van der Waals surface area contributed by atoms with E-state index in [0.717, 1.165) is 5.56 Å². The third-order valence-corrected chi connectivity index (χ3v) is 8.29. The Kier molecular flexibility index (Phi) is 6.26. The zero-order chi connectivity index (χ0) is 26.6. The largest absolute Gasteiger partial charge is 0.507 e. The number of nitrogens with zero attached hydrogens (tertiary/aromatic N) is 1. The van der Waals surface area contributed by atoms with Crippen molar-refractivity contribution in [3.63, 3.8) is 0 Å². The molecule has 7 atom stereocenters. The molecule has 0 aromatic heterocycles. The standard InChI is InChI=1S/C28H30N2O7/c1-30(2)22-17-12-16-11-15-9-6-10-18(31)19(15)23(32)20(16)25(33)28(17,36)26(34)21(27(29)35)24(22)37-13-14-7-4-3-5-8-14/h3-10,16-17,20-22,24,31,36H,11-13H2,1-2H3,(H2,29,35)/t16-,17-,20?,21?,22-,24?,28-/m0/s1. The first-order valence-corrected chi connectivity index (χ1v) is 12.3. The highest BCUT2D eigenvalue weighted by molar-refractivity contribution is 6.25. The van der Waals surface area contributed by atoms with Crippen LogP contribution in [0.3, 0.4) is 0 Å². The van der Waals surface area contributed by atoms with Gasteiger partial charge in [0.05, 0.1) is 24.2 Å². The third kappa shape index (κ3) is 3.80. The molecule has 2 saturated carbocycles. The number of hydrogen-bond acceptors (Lipinski definition) is 8. The van der Waals surface area contributed by atoms with Gasteiger partial charge in [0.25, 0.3) is 0 Å². The number of Topliss-reactive ketones (excluding diaryl/α,β-unsaturated/α-hetero) is 3. The van der Waals surface area contributed by atoms with E-state index >= 15 is 0 Å². The summed E-state index contributed by atoms with van der Waals surface area (Å²) in [5, 5.41) is 22.2. The molecule has 9 heteroatoms. The van der Waals surface area contributed by atoms with E-state index in [-0.39, 0.29) is 24.3 Å². The van der Waals surface area contributed by atoms with Crippen molar-refractivity contribution < 1.29 is 34.1 Å². The van der Waals surface area contributed by atoms with Crippen LogP contribution in [0.15, 0.2) is 48.5 Å². The lowest BCUT2D eigenvalue weighted by molar-refractivity contribution is -0.196. The van der Waals surface area contributed by atoms with Crippen molar-refractivity contribution in [2.45, 2.75) is 37.2 Å². The van der Waals surface area contributed by atoms with Crippen molar-refractivity contribution >= 4 is 23.3 Å². The van der Waals surface area contributed by atoms with E-state index in [2.05, 4.69) is 0 Å². The second kappa shape index (κ2) is 9.16. The van der Waals surface area contributed by atoms with Gasteiger partial charge in [0, 0.05) is 12.0 Å². The molecule has 2 aromatic rings. The number of phenols is 1. The van der Waals surface area contributed by atoms with Gasteiger partial charge in [-0.2, -0.15) is 0 Å². The summed E-state index contributed by atoms with van der Waals surface area (Å²) >= 11 is 0. The molecule has 37 heavy (non-hydrogen) atoms. The van der Waals surface area contributed by atoms with Gasteiger partial charge in [-0.3, -0.25) is 19.2 Å². The van der Waals surface area contributed by atoms with Crippen LogP contribution < -0.4 is 5.73 Å². The van der Waals surface area contributed by atoms with Crippen molar-refractivity contribution in [3.05, 3.63) is 65.2 Å². The van der Waals surface area contributed by atoms with E-state index < -0.39 is 64.7 Å². The molecule has 9 nitrogen and oxygen atoms in total. The number of ether oxygens (including phenoxy) is 1. The highest BCUT2D eigenvalue weighted by Gasteiger charge is 2.69. The van der Waals surface area contributed by atoms with Crippen LogP contribution in [0.4, 0.5) is 0 Å². The number of hydrogen-bond donors (Lipinski definition) is 3. The third-order valence-electron chi connectivity index (χ3n) is 8.29. The van der Waals surface area contributed by atoms with Crippen molar-refractivity contribution in [1.82, 2.24) is 4.90 Å². The van der Waals surface area contributed by atoms with Gasteiger partial charge >= 0.3 is 0 Å². The monoisotopic (exact) mass is 506 g/mol. The number of likely N-dealkylation sites (N-methyl/N-ethyl adjacent to an activating group) is 1. The van der Waals surface area contributed by atoms with Crippen LogP contribution in [-0.4, -0.2) is 70.2 Å². The zero-order valence-corrected chi connectivity index (χ0v) is 20.7. The van der Waals surface area contributed by atoms with Gasteiger partial charge in [-0.1, -0.05) is 42.5 Å². The van der Waals surface area contributed by atoms with Crippen molar-refractivity contribution in [2.24, 2.45) is 29.4 Å². The molecule has 0 aliphatic heterocycles. The van der Waals surface area contributed by atoms with Crippen LogP contribution >= 0.6 is 0 Å². The quantitative estimate of drug-likeness (QED) is 0.507. The van der Waals surface area contributed by atoms with E-state index in [0.29, 0.717) is 12.0 Å². The zero-order valence-electron chi connectivity index (χ0n) is 20.7. The number of fused-ring (bicyclic) bond motifs is 3. The Hall–Kier alpha value is -3.40. The highest BCUT2D eigenvalue weighted by atomic mass is 16.5. The second-order valence-corrected chi connectivity index (χ2v) is 10.5. The summed E-state index contributed by atoms with van der Waals surface area (Å²) in [4.78, 5) is 55.5. The molecule has 2 aromatic carbocycles. The topological polar surface area (TPSA) is 147 Å². The molecule has 4 N–H and O–H groups in total. The van der Waals surface area contributed by atoms with Crippen LogP contribution in [0.25, 0.3) is 0 Å². The first kappa shape index (κ1) is 25.3. The van der Waals surface area contributed by atoms with Crippen molar-refractivity contribution in [2.75, 3.05) is 14.1 Å². The molecule has 3 unspecified atom stereocenters. The van der Waals surface area contributed by atoms with Gasteiger partial charge in [0.1, 0.15) is 11.7 Å². The van der Waals surface area contributed by atoms with Crippen LogP contribution in [0, 0.1) is 23.7 Å². The number of primary amides is 1. The fourth-order valence-electron chi connectivity index (χ4n) is 6.69. The van der Waals surface area contributed by atoms with E-state index in [1.165, 1.54) is 6.07 Å². The number of rotatable bonds is 5. The summed E-state index contributed by atoms with van der Waals surface area (Å²) in [7, 11) is 3.46. The molecule has 194 valence electrons. The van der Waals surface area contributed by atoms with Gasteiger partial charge in [-0.05, 0) is 50.0 Å². The Morgan fingerprint density at radius 3 is 2.43 bits per heavy atom. The lowest BCUT2D eigenvalue weighted by Crippen LogP contribution is -2.75. The number of carbonyl (C=O) groups is 4. The minimum absolute atomic E-state index is 0.0436. The smallest absolute Gasteiger partial charge is 0.230 e. The molecule has 0 saturated heterocycles. The van der Waals surface area contributed by atoms with Crippen molar-refractivity contribution in [3.8, 4) is 5.75 Å². The average Bonchev–Trinajstić information content (AvgIpc) is 2.85. The van der Waals surface area contributed by atoms with Gasteiger partial charge in [0.2, 0.25) is 5.91 Å². The molecule has 2 fully saturated rings. The van der Waals surface area contributed by atoms with Crippen molar-refractivity contribution in [1.29, 1.82) is 0 Å². The number of phenolic OH excluding ortho intramolecular Hbond substituents is 1. The Morgan fingerprint density at radius 1 is 1.08 bits per heavy atom. The lowest BCUT2D eigenvalue weighted by Gasteiger charge is -2.55. The summed E-state index contributed by atoms with van der Waals surface area (Å²) in [5.74, 6) is -8.11. The fraction of sp³-hybridized carbons (Fsp3) is 0.429. The predicted octanol–water partition coefficient (Wildman–Crippen LogP) is 0.883. The van der Waals surface area contributed by atoms with Gasteiger partial charge < -0.3 is 25.6 Å². The van der Waals surface area contributed by atoms with E-state index in [1.807, 2.05) is 30.3 Å². The van der Waals surface area contributed by atoms with Gasteiger partial charge in [0.15, 0.2) is 23.0 Å². The van der Waals surface area contributed by atoms with Gasteiger partial charge in [-0.15, -0.1) is 0 Å². The lowest BCUT2D eigenvalue weighted by atomic mass is 9.52. The summed E-state index contributed by atoms with van der Waals surface area (Å²) in [6.45, 7) is 0.100. The van der Waals surface area contributed by atoms with Crippen LogP contribution in [0.1, 0.15) is 27.9 Å². The molecule has 0 radical (unpaired) electrons. The molecular formula is C28H30N2O7. The minimum Gasteiger partial charge on any atom is -0.507 e. The number of nitrogens with two attached hydrogens (primary N) is 1. The van der Waals surface area contributed by atoms with Crippen LogP contribution in [0.2, 0.25) is 0 Å². The molecule has 3 aliphatic rings. The minimum atomic E-state index is -2.58. The molecule has 0 heterocycles. The number of ketones is 3. The predicted molar refractivity (Wildman–Crippen MR) is 131 cm³/mol. The second-order valence-electron chi connectivity index (χ2n) is 10.5. The summed E-state index contributed by atoms with van der Waals surface area (Å²) < 4.78 is 6.16. The van der Waals surface area contributed by atoms with E-state index in [9.17, 15) is 29.4 Å². The maximum atomic E-state index is 13.9. The normalized spacial score (nSPS) is 33.0. The van der Waals surface area contributed by atoms with Gasteiger partial charge in [-0.25, -0.2) is 0 Å².